The largest absolute Gasteiger partial charge is 0.321 e. The highest BCUT2D eigenvalue weighted by atomic mass is 79.9. The Hall–Kier alpha value is -1.99. The number of nitrogens with one attached hydrogen (secondary N) is 1. The molecule has 3 rings (SSSR count). The molecule has 3 amide bonds. The summed E-state index contributed by atoms with van der Waals surface area (Å²) in [5, 5.41) is 2.77. The minimum absolute atomic E-state index is 0.250. The molecule has 1 aliphatic heterocycles. The summed E-state index contributed by atoms with van der Waals surface area (Å²) in [5.74, 6) is -1.11. The lowest BCUT2D eigenvalue weighted by molar-refractivity contribution is 0.0693. The van der Waals surface area contributed by atoms with E-state index in [1.807, 2.05) is 6.07 Å². The van der Waals surface area contributed by atoms with Crippen molar-refractivity contribution in [3.05, 3.63) is 62.0 Å². The van der Waals surface area contributed by atoms with Crippen LogP contribution in [0.15, 0.2) is 45.3 Å². The van der Waals surface area contributed by atoms with Crippen molar-refractivity contribution in [2.75, 3.05) is 12.4 Å². The lowest BCUT2D eigenvalue weighted by Gasteiger charge is -2.08. The van der Waals surface area contributed by atoms with E-state index in [1.165, 1.54) is 25.2 Å². The van der Waals surface area contributed by atoms with Crippen molar-refractivity contribution in [2.24, 2.45) is 0 Å². The molecule has 23 heavy (non-hydrogen) atoms. The number of hydrogen-bond acceptors (Lipinski definition) is 3. The standard InChI is InChI=1S/C16H10Br2N2O3/c1-20-15(22)10-4-2-8(6-11(10)16(20)23)14(21)19-13-5-3-9(17)7-12(13)18/h2-7H,1H3,(H,19,21). The number of benzene rings is 2. The number of carbonyl (C=O) groups is 3. The molecule has 5 nitrogen and oxygen atoms in total. The topological polar surface area (TPSA) is 66.5 Å². The maximum atomic E-state index is 12.4. The molecular weight excluding hydrogens is 428 g/mol. The van der Waals surface area contributed by atoms with Crippen LogP contribution in [0.2, 0.25) is 0 Å². The number of nitrogens with zero attached hydrogens (tertiary/aromatic N) is 1. The number of halogens is 2. The smallest absolute Gasteiger partial charge is 0.261 e. The second kappa shape index (κ2) is 5.90. The van der Waals surface area contributed by atoms with Gasteiger partial charge in [-0.1, -0.05) is 15.9 Å². The van der Waals surface area contributed by atoms with Crippen molar-refractivity contribution < 1.29 is 14.4 Å². The van der Waals surface area contributed by atoms with Crippen molar-refractivity contribution in [1.82, 2.24) is 4.90 Å². The van der Waals surface area contributed by atoms with E-state index in [0.29, 0.717) is 16.8 Å². The second-order valence-electron chi connectivity index (χ2n) is 5.01. The van der Waals surface area contributed by atoms with Gasteiger partial charge >= 0.3 is 0 Å². The molecule has 0 aliphatic carbocycles. The lowest BCUT2D eigenvalue weighted by Crippen LogP contribution is -2.24. The summed E-state index contributed by atoms with van der Waals surface area (Å²) >= 11 is 6.72. The third-order valence-corrected chi connectivity index (χ3v) is 4.68. The first kappa shape index (κ1) is 15.9. The highest BCUT2D eigenvalue weighted by Crippen LogP contribution is 2.27. The molecule has 116 valence electrons. The van der Waals surface area contributed by atoms with Crippen molar-refractivity contribution in [2.45, 2.75) is 0 Å². The van der Waals surface area contributed by atoms with Crippen LogP contribution in [0.25, 0.3) is 0 Å². The van der Waals surface area contributed by atoms with E-state index in [4.69, 9.17) is 0 Å². The van der Waals surface area contributed by atoms with Crippen LogP contribution in [0.1, 0.15) is 31.1 Å². The van der Waals surface area contributed by atoms with Crippen LogP contribution >= 0.6 is 31.9 Å². The highest BCUT2D eigenvalue weighted by molar-refractivity contribution is 9.11. The van der Waals surface area contributed by atoms with E-state index >= 15 is 0 Å². The Morgan fingerprint density at radius 3 is 2.39 bits per heavy atom. The zero-order valence-corrected chi connectivity index (χ0v) is 15.1. The monoisotopic (exact) mass is 436 g/mol. The van der Waals surface area contributed by atoms with Gasteiger partial charge in [-0.3, -0.25) is 19.3 Å². The Morgan fingerprint density at radius 1 is 1.00 bits per heavy atom. The first-order chi connectivity index (χ1) is 10.9. The summed E-state index contributed by atoms with van der Waals surface area (Å²) in [5.41, 5.74) is 1.49. The fourth-order valence-electron chi connectivity index (χ4n) is 2.29. The lowest BCUT2D eigenvalue weighted by atomic mass is 10.1. The van der Waals surface area contributed by atoms with Gasteiger partial charge in [-0.15, -0.1) is 0 Å². The minimum atomic E-state index is -0.399. The maximum absolute atomic E-state index is 12.4. The Morgan fingerprint density at radius 2 is 1.70 bits per heavy atom. The summed E-state index contributed by atoms with van der Waals surface area (Å²) in [7, 11) is 1.42. The minimum Gasteiger partial charge on any atom is -0.321 e. The van der Waals surface area contributed by atoms with Gasteiger partial charge in [-0.2, -0.15) is 0 Å². The van der Waals surface area contributed by atoms with Crippen LogP contribution in [0.3, 0.4) is 0 Å². The van der Waals surface area contributed by atoms with Crippen LogP contribution in [0, 0.1) is 0 Å². The molecule has 0 saturated heterocycles. The second-order valence-corrected chi connectivity index (χ2v) is 6.78. The molecule has 0 saturated carbocycles. The van der Waals surface area contributed by atoms with Crippen molar-refractivity contribution in [3.8, 4) is 0 Å². The summed E-state index contributed by atoms with van der Waals surface area (Å²) in [4.78, 5) is 37.2. The molecular formula is C16H10Br2N2O3. The van der Waals surface area contributed by atoms with Crippen LogP contribution in [-0.2, 0) is 0 Å². The molecule has 0 radical (unpaired) electrons. The van der Waals surface area contributed by atoms with Gasteiger partial charge in [0.15, 0.2) is 0 Å². The predicted octanol–water partition coefficient (Wildman–Crippen LogP) is 3.69. The molecule has 2 aromatic carbocycles. The van der Waals surface area contributed by atoms with Gasteiger partial charge < -0.3 is 5.32 Å². The average molecular weight is 438 g/mol. The zero-order valence-electron chi connectivity index (χ0n) is 11.9. The van der Waals surface area contributed by atoms with Gasteiger partial charge in [0.05, 0.1) is 16.8 Å². The van der Waals surface area contributed by atoms with Gasteiger partial charge in [0.2, 0.25) is 0 Å². The number of hydrogen-bond donors (Lipinski definition) is 1. The Kier molecular flexibility index (Phi) is 4.08. The third kappa shape index (κ3) is 2.82. The van der Waals surface area contributed by atoms with E-state index in [1.54, 1.807) is 12.1 Å². The molecule has 2 aromatic rings. The van der Waals surface area contributed by atoms with Gasteiger partial charge in [-0.05, 0) is 52.3 Å². The summed E-state index contributed by atoms with van der Waals surface area (Å²) in [6.07, 6.45) is 0. The van der Waals surface area contributed by atoms with Crippen LogP contribution in [-0.4, -0.2) is 29.7 Å². The van der Waals surface area contributed by atoms with Crippen molar-refractivity contribution >= 4 is 55.3 Å². The molecule has 1 heterocycles. The molecule has 0 spiro atoms. The van der Waals surface area contributed by atoms with Gasteiger partial charge in [0.1, 0.15) is 0 Å². The summed E-state index contributed by atoms with van der Waals surface area (Å²) < 4.78 is 1.61. The van der Waals surface area contributed by atoms with E-state index in [2.05, 4.69) is 37.2 Å². The molecule has 0 unspecified atom stereocenters. The number of rotatable bonds is 2. The third-order valence-electron chi connectivity index (χ3n) is 3.53. The van der Waals surface area contributed by atoms with Crippen molar-refractivity contribution in [3.63, 3.8) is 0 Å². The Balaban J connectivity index is 1.90. The normalized spacial score (nSPS) is 13.3. The molecule has 7 heteroatoms. The van der Waals surface area contributed by atoms with Gasteiger partial charge in [0, 0.05) is 21.6 Å². The number of carbonyl (C=O) groups excluding carboxylic acids is 3. The SMILES string of the molecule is CN1C(=O)c2ccc(C(=O)Nc3ccc(Br)cc3Br)cc2C1=O. The predicted molar refractivity (Wildman–Crippen MR) is 92.7 cm³/mol. The number of fused-ring (bicyclic) bond motifs is 1. The fourth-order valence-corrected chi connectivity index (χ4v) is 3.43. The number of anilines is 1. The Bertz CT molecular complexity index is 864. The molecule has 0 fully saturated rings. The van der Waals surface area contributed by atoms with Gasteiger partial charge in [0.25, 0.3) is 17.7 Å². The first-order valence-corrected chi connectivity index (χ1v) is 8.20. The maximum Gasteiger partial charge on any atom is 0.261 e. The molecule has 0 aromatic heterocycles. The summed E-state index contributed by atoms with van der Waals surface area (Å²) in [6, 6.07) is 9.86. The molecule has 0 atom stereocenters. The molecule has 0 bridgehead atoms. The van der Waals surface area contributed by atoms with Crippen LogP contribution < -0.4 is 5.32 Å². The average Bonchev–Trinajstić information content (AvgIpc) is 2.74. The molecule has 1 N–H and O–H groups in total. The van der Waals surface area contributed by atoms with E-state index < -0.39 is 5.91 Å². The quantitative estimate of drug-likeness (QED) is 0.728. The zero-order chi connectivity index (χ0) is 16.7. The van der Waals surface area contributed by atoms with E-state index in [0.717, 1.165) is 13.8 Å². The van der Waals surface area contributed by atoms with Gasteiger partial charge in [-0.25, -0.2) is 0 Å². The van der Waals surface area contributed by atoms with Crippen LogP contribution in [0.5, 0.6) is 0 Å². The fraction of sp³-hybridized carbons (Fsp3) is 0.0625. The first-order valence-electron chi connectivity index (χ1n) is 6.61. The number of imide groups is 1. The number of amides is 3. The molecule has 1 aliphatic rings. The van der Waals surface area contributed by atoms with E-state index in [-0.39, 0.29) is 17.4 Å². The van der Waals surface area contributed by atoms with E-state index in [9.17, 15) is 14.4 Å². The highest BCUT2D eigenvalue weighted by Gasteiger charge is 2.33. The van der Waals surface area contributed by atoms with Crippen molar-refractivity contribution in [1.29, 1.82) is 0 Å². The van der Waals surface area contributed by atoms with Crippen LogP contribution in [0.4, 0.5) is 5.69 Å². The summed E-state index contributed by atoms with van der Waals surface area (Å²) in [6.45, 7) is 0. The Labute approximate surface area is 148 Å².